The topological polar surface area (TPSA) is 99.7 Å². The van der Waals surface area contributed by atoms with Crippen LogP contribution in [0.2, 0.25) is 0 Å². The van der Waals surface area contributed by atoms with E-state index >= 15 is 0 Å². The van der Waals surface area contributed by atoms with Crippen molar-refractivity contribution in [3.8, 4) is 6.07 Å². The number of furan rings is 1. The average molecular weight is 381 g/mol. The summed E-state index contributed by atoms with van der Waals surface area (Å²) in [5.41, 5.74) is 0.804. The van der Waals surface area contributed by atoms with Gasteiger partial charge in [0.05, 0.1) is 11.5 Å². The highest BCUT2D eigenvalue weighted by atomic mass is 32.1. The normalized spacial score (nSPS) is 14.9. The molecule has 0 aliphatic heterocycles. The summed E-state index contributed by atoms with van der Waals surface area (Å²) in [6, 6.07) is 5.28. The molecule has 1 N–H and O–H groups in total. The van der Waals surface area contributed by atoms with Gasteiger partial charge in [0, 0.05) is 10.8 Å². The Hall–Kier alpha value is -2.72. The third kappa shape index (κ3) is 3.00. The van der Waals surface area contributed by atoms with Gasteiger partial charge in [-0.15, -0.1) is 11.3 Å². The lowest BCUT2D eigenvalue weighted by atomic mass is 9.97. The summed E-state index contributed by atoms with van der Waals surface area (Å²) < 4.78 is 5.58. The molecule has 3 aromatic rings. The minimum absolute atomic E-state index is 0.0843. The Morgan fingerprint density at radius 2 is 2.11 bits per heavy atom. The molecule has 0 saturated carbocycles. The van der Waals surface area contributed by atoms with E-state index in [1.54, 1.807) is 12.1 Å². The van der Waals surface area contributed by atoms with Crippen molar-refractivity contribution in [3.05, 3.63) is 50.3 Å². The van der Waals surface area contributed by atoms with E-state index in [0.29, 0.717) is 16.0 Å². The number of nitrogens with zero attached hydrogens (tertiary/aromatic N) is 2. The molecule has 27 heavy (non-hydrogen) atoms. The zero-order valence-corrected chi connectivity index (χ0v) is 16.0. The largest absolute Gasteiger partial charge is 0.458 e. The van der Waals surface area contributed by atoms with Gasteiger partial charge in [-0.05, 0) is 43.4 Å². The van der Waals surface area contributed by atoms with Crippen molar-refractivity contribution < 1.29 is 9.21 Å². The molecule has 1 unspecified atom stereocenters. The smallest absolute Gasteiger partial charge is 0.259 e. The average Bonchev–Trinajstić information content (AvgIpc) is 3.27. The molecule has 7 heteroatoms. The Kier molecular flexibility index (Phi) is 4.44. The first-order valence-corrected chi connectivity index (χ1v) is 9.89. The van der Waals surface area contributed by atoms with Gasteiger partial charge >= 0.3 is 0 Å². The second-order valence-electron chi connectivity index (χ2n) is 7.13. The molecule has 1 aliphatic rings. The summed E-state index contributed by atoms with van der Waals surface area (Å²) in [6.45, 7) is 3.92. The van der Waals surface area contributed by atoms with Crippen LogP contribution < -0.4 is 5.56 Å². The first kappa shape index (κ1) is 17.7. The molecule has 0 amide bonds. The monoisotopic (exact) mass is 381 g/mol. The van der Waals surface area contributed by atoms with Crippen LogP contribution in [0.25, 0.3) is 10.2 Å². The van der Waals surface area contributed by atoms with Crippen molar-refractivity contribution in [1.82, 2.24) is 9.97 Å². The minimum atomic E-state index is -1.20. The second kappa shape index (κ2) is 6.78. The number of nitrogens with one attached hydrogen (secondary N) is 1. The Balaban J connectivity index is 1.76. The number of Topliss-reactive ketones (excluding diaryl/α,β-unsaturated/α-hetero) is 1. The van der Waals surface area contributed by atoms with Gasteiger partial charge in [-0.2, -0.15) is 5.26 Å². The molecule has 0 fully saturated rings. The van der Waals surface area contributed by atoms with E-state index < -0.39 is 11.7 Å². The Morgan fingerprint density at radius 3 is 2.81 bits per heavy atom. The van der Waals surface area contributed by atoms with E-state index in [0.717, 1.165) is 31.2 Å². The third-order valence-corrected chi connectivity index (χ3v) is 6.13. The molecule has 4 rings (SSSR count). The summed E-state index contributed by atoms with van der Waals surface area (Å²) in [5.74, 6) is -0.683. The number of carbonyl (C=O) groups excluding carboxylic acids is 1. The van der Waals surface area contributed by atoms with Crippen LogP contribution in [-0.2, 0) is 12.8 Å². The van der Waals surface area contributed by atoms with Gasteiger partial charge in [0.25, 0.3) is 5.56 Å². The highest BCUT2D eigenvalue weighted by Gasteiger charge is 2.29. The quantitative estimate of drug-likeness (QED) is 0.687. The fourth-order valence-corrected chi connectivity index (χ4v) is 4.77. The maximum Gasteiger partial charge on any atom is 0.259 e. The highest BCUT2D eigenvalue weighted by molar-refractivity contribution is 7.18. The molecule has 3 aromatic heterocycles. The first-order valence-electron chi connectivity index (χ1n) is 9.07. The molecule has 6 nitrogen and oxygen atoms in total. The lowest BCUT2D eigenvalue weighted by Gasteiger charge is -2.10. The standard InChI is InChI=1S/C20H19N3O3S/c1-10(2)13-7-8-14(26-13)17(24)12(9-21)18-22-19(25)16-11-5-3-4-6-15(11)27-20(16)23-18/h7-8,10,12H,3-6H2,1-2H3,(H,22,23,25). The Labute approximate surface area is 159 Å². The maximum absolute atomic E-state index is 12.8. The fraction of sp³-hybridized carbons (Fsp3) is 0.400. The molecule has 1 aliphatic carbocycles. The number of aromatic nitrogens is 2. The van der Waals surface area contributed by atoms with Crippen LogP contribution in [-0.4, -0.2) is 15.8 Å². The first-order chi connectivity index (χ1) is 13.0. The minimum Gasteiger partial charge on any atom is -0.458 e. The van der Waals surface area contributed by atoms with Gasteiger partial charge in [-0.3, -0.25) is 9.59 Å². The lowest BCUT2D eigenvalue weighted by Crippen LogP contribution is -2.19. The van der Waals surface area contributed by atoms with E-state index in [1.807, 2.05) is 19.9 Å². The summed E-state index contributed by atoms with van der Waals surface area (Å²) in [7, 11) is 0. The predicted molar refractivity (Wildman–Crippen MR) is 102 cm³/mol. The Bertz CT molecular complexity index is 1130. The predicted octanol–water partition coefficient (Wildman–Crippen LogP) is 4.07. The fourth-order valence-electron chi connectivity index (χ4n) is 3.50. The van der Waals surface area contributed by atoms with Crippen molar-refractivity contribution in [3.63, 3.8) is 0 Å². The molecular formula is C20H19N3O3S. The summed E-state index contributed by atoms with van der Waals surface area (Å²) >= 11 is 1.50. The van der Waals surface area contributed by atoms with Crippen LogP contribution in [0.1, 0.15) is 71.1 Å². The van der Waals surface area contributed by atoms with E-state index in [-0.39, 0.29) is 23.1 Å². The molecule has 138 valence electrons. The molecule has 0 aromatic carbocycles. The SMILES string of the molecule is CC(C)c1ccc(C(=O)C(C#N)c2nc3sc4c(c3c(=O)[nH]2)CCCC4)o1. The molecule has 0 bridgehead atoms. The van der Waals surface area contributed by atoms with Gasteiger partial charge in [0.2, 0.25) is 5.78 Å². The number of hydrogen-bond acceptors (Lipinski definition) is 6. The molecular weight excluding hydrogens is 362 g/mol. The number of thiophene rings is 1. The van der Waals surface area contributed by atoms with Crippen LogP contribution >= 0.6 is 11.3 Å². The summed E-state index contributed by atoms with van der Waals surface area (Å²) in [5, 5.41) is 10.2. The molecule has 0 radical (unpaired) electrons. The second-order valence-corrected chi connectivity index (χ2v) is 8.21. The molecule has 3 heterocycles. The van der Waals surface area contributed by atoms with Crippen molar-refractivity contribution in [2.75, 3.05) is 0 Å². The zero-order valence-electron chi connectivity index (χ0n) is 15.2. The third-order valence-electron chi connectivity index (χ3n) is 4.95. The number of nitriles is 1. The van der Waals surface area contributed by atoms with Crippen LogP contribution in [0.15, 0.2) is 21.3 Å². The number of ketones is 1. The zero-order chi connectivity index (χ0) is 19.1. The van der Waals surface area contributed by atoms with Crippen molar-refractivity contribution in [2.45, 2.75) is 51.4 Å². The van der Waals surface area contributed by atoms with Gasteiger partial charge in [0.15, 0.2) is 11.7 Å². The van der Waals surface area contributed by atoms with Crippen molar-refractivity contribution >= 4 is 27.3 Å². The highest BCUT2D eigenvalue weighted by Crippen LogP contribution is 2.34. The molecule has 0 saturated heterocycles. The number of aryl methyl sites for hydroxylation is 2. The summed E-state index contributed by atoms with van der Waals surface area (Å²) in [4.78, 5) is 34.4. The van der Waals surface area contributed by atoms with Crippen LogP contribution in [0, 0.1) is 11.3 Å². The van der Waals surface area contributed by atoms with Crippen LogP contribution in [0.4, 0.5) is 0 Å². The van der Waals surface area contributed by atoms with Gasteiger partial charge in [-0.25, -0.2) is 4.98 Å². The van der Waals surface area contributed by atoms with E-state index in [2.05, 4.69) is 9.97 Å². The number of rotatable bonds is 4. The number of aromatic amines is 1. The van der Waals surface area contributed by atoms with Crippen LogP contribution in [0.3, 0.4) is 0 Å². The van der Waals surface area contributed by atoms with E-state index in [1.165, 1.54) is 16.2 Å². The van der Waals surface area contributed by atoms with Crippen LogP contribution in [0.5, 0.6) is 0 Å². The number of carbonyl (C=O) groups is 1. The van der Waals surface area contributed by atoms with Gasteiger partial charge in [-0.1, -0.05) is 13.8 Å². The van der Waals surface area contributed by atoms with E-state index in [4.69, 9.17) is 4.42 Å². The maximum atomic E-state index is 12.8. The van der Waals surface area contributed by atoms with Gasteiger partial charge in [0.1, 0.15) is 16.4 Å². The van der Waals surface area contributed by atoms with Crippen molar-refractivity contribution in [1.29, 1.82) is 5.26 Å². The molecule has 1 atom stereocenters. The van der Waals surface area contributed by atoms with Crippen molar-refractivity contribution in [2.24, 2.45) is 0 Å². The number of fused-ring (bicyclic) bond motifs is 3. The summed E-state index contributed by atoms with van der Waals surface area (Å²) in [6.07, 6.45) is 4.01. The lowest BCUT2D eigenvalue weighted by molar-refractivity contribution is 0.0947. The van der Waals surface area contributed by atoms with E-state index in [9.17, 15) is 14.9 Å². The number of H-pyrrole nitrogens is 1. The Morgan fingerprint density at radius 1 is 1.33 bits per heavy atom. The number of hydrogen-bond donors (Lipinski definition) is 1. The van der Waals surface area contributed by atoms with Gasteiger partial charge < -0.3 is 9.40 Å². The molecule has 0 spiro atoms.